The molecule has 4 atom stereocenters. The van der Waals surface area contributed by atoms with Crippen molar-refractivity contribution in [3.63, 3.8) is 0 Å². The van der Waals surface area contributed by atoms with Crippen LogP contribution in [-0.4, -0.2) is 22.3 Å². The minimum absolute atomic E-state index is 0.00926. The van der Waals surface area contributed by atoms with Gasteiger partial charge in [-0.3, -0.25) is 4.79 Å². The van der Waals surface area contributed by atoms with Crippen molar-refractivity contribution < 1.29 is 15.0 Å². The molecule has 2 bridgehead atoms. The molecule has 0 aromatic heterocycles. The molecule has 0 aliphatic heterocycles. The molecular weight excluding hydrogens is 204 g/mol. The molecule has 0 amide bonds. The van der Waals surface area contributed by atoms with E-state index in [0.717, 1.165) is 18.3 Å². The Kier molecular flexibility index (Phi) is 4.00. The SMILES string of the molecule is CCC(=O)O.C[C@H]1C[C@H](O)[C@H]2C[C@@H]1C2(C)C. The first-order valence-electron chi connectivity index (χ1n) is 6.20. The zero-order valence-electron chi connectivity index (χ0n) is 10.7. The second-order valence-electron chi connectivity index (χ2n) is 5.80. The van der Waals surface area contributed by atoms with Crippen molar-refractivity contribution in [3.8, 4) is 0 Å². The summed E-state index contributed by atoms with van der Waals surface area (Å²) in [6, 6.07) is 0. The number of fused-ring (bicyclic) bond motifs is 2. The number of rotatable bonds is 1. The van der Waals surface area contributed by atoms with Crippen LogP contribution in [0.25, 0.3) is 0 Å². The lowest BCUT2D eigenvalue weighted by Gasteiger charge is -2.61. The Balaban J connectivity index is 0.000000221. The summed E-state index contributed by atoms with van der Waals surface area (Å²) in [5.41, 5.74) is 0.428. The number of carbonyl (C=O) groups is 1. The van der Waals surface area contributed by atoms with Gasteiger partial charge < -0.3 is 10.2 Å². The average Bonchev–Trinajstić information content (AvgIpc) is 2.16. The summed E-state index contributed by atoms with van der Waals surface area (Å²) in [7, 11) is 0. The zero-order chi connectivity index (χ0) is 12.5. The molecule has 3 saturated carbocycles. The monoisotopic (exact) mass is 228 g/mol. The third-order valence-corrected chi connectivity index (χ3v) is 4.49. The fraction of sp³-hybridized carbons (Fsp3) is 0.923. The molecule has 3 aliphatic carbocycles. The lowest BCUT2D eigenvalue weighted by atomic mass is 9.45. The molecular formula is C13H24O3. The van der Waals surface area contributed by atoms with Gasteiger partial charge in [-0.2, -0.15) is 0 Å². The molecule has 0 radical (unpaired) electrons. The maximum atomic E-state index is 9.72. The van der Waals surface area contributed by atoms with E-state index in [0.29, 0.717) is 11.3 Å². The molecule has 0 aromatic rings. The fourth-order valence-electron chi connectivity index (χ4n) is 3.32. The Hall–Kier alpha value is -0.570. The van der Waals surface area contributed by atoms with Crippen LogP contribution >= 0.6 is 0 Å². The average molecular weight is 228 g/mol. The van der Waals surface area contributed by atoms with E-state index in [-0.39, 0.29) is 12.5 Å². The first-order chi connectivity index (χ1) is 7.30. The number of carboxylic acids is 1. The first kappa shape index (κ1) is 13.5. The van der Waals surface area contributed by atoms with Crippen molar-refractivity contribution in [1.29, 1.82) is 0 Å². The molecule has 2 N–H and O–H groups in total. The maximum absolute atomic E-state index is 9.72. The highest BCUT2D eigenvalue weighted by Crippen LogP contribution is 2.61. The van der Waals surface area contributed by atoms with E-state index in [1.807, 2.05) is 0 Å². The molecule has 0 aromatic carbocycles. The van der Waals surface area contributed by atoms with E-state index in [1.165, 1.54) is 6.42 Å². The summed E-state index contributed by atoms with van der Waals surface area (Å²) in [6.45, 7) is 8.50. The first-order valence-corrected chi connectivity index (χ1v) is 6.20. The molecule has 3 nitrogen and oxygen atoms in total. The number of aliphatic carboxylic acids is 1. The van der Waals surface area contributed by atoms with E-state index in [4.69, 9.17) is 5.11 Å². The van der Waals surface area contributed by atoms with Crippen LogP contribution < -0.4 is 0 Å². The highest BCUT2D eigenvalue weighted by molar-refractivity contribution is 5.66. The highest BCUT2D eigenvalue weighted by atomic mass is 16.4. The largest absolute Gasteiger partial charge is 0.481 e. The number of carboxylic acid groups (broad SMARTS) is 1. The van der Waals surface area contributed by atoms with Gasteiger partial charge >= 0.3 is 5.97 Å². The summed E-state index contributed by atoms with van der Waals surface area (Å²) < 4.78 is 0. The molecule has 0 heterocycles. The Labute approximate surface area is 97.9 Å². The van der Waals surface area contributed by atoms with Crippen LogP contribution in [0.4, 0.5) is 0 Å². The van der Waals surface area contributed by atoms with Gasteiger partial charge in [-0.15, -0.1) is 0 Å². The lowest BCUT2D eigenvalue weighted by molar-refractivity contribution is -0.167. The van der Waals surface area contributed by atoms with Crippen LogP contribution in [0.5, 0.6) is 0 Å². The van der Waals surface area contributed by atoms with Gasteiger partial charge in [-0.05, 0) is 36.0 Å². The summed E-state index contributed by atoms with van der Waals surface area (Å²) >= 11 is 0. The maximum Gasteiger partial charge on any atom is 0.303 e. The number of hydrogen-bond donors (Lipinski definition) is 2. The van der Waals surface area contributed by atoms with Crippen LogP contribution in [0.1, 0.15) is 47.0 Å². The summed E-state index contributed by atoms with van der Waals surface area (Å²) in [4.78, 5) is 9.37. The number of aliphatic hydroxyl groups is 1. The second kappa shape index (κ2) is 4.74. The van der Waals surface area contributed by atoms with Gasteiger partial charge in [0.1, 0.15) is 0 Å². The minimum atomic E-state index is -0.745. The van der Waals surface area contributed by atoms with Crippen molar-refractivity contribution in [1.82, 2.24) is 0 Å². The van der Waals surface area contributed by atoms with E-state index in [2.05, 4.69) is 20.8 Å². The lowest BCUT2D eigenvalue weighted by Crippen LogP contribution is -2.57. The topological polar surface area (TPSA) is 57.5 Å². The van der Waals surface area contributed by atoms with Gasteiger partial charge in [0.05, 0.1) is 6.10 Å². The van der Waals surface area contributed by atoms with Crippen LogP contribution in [0, 0.1) is 23.2 Å². The molecule has 3 rings (SSSR count). The quantitative estimate of drug-likeness (QED) is 0.725. The van der Waals surface area contributed by atoms with Gasteiger partial charge in [-0.1, -0.05) is 27.7 Å². The van der Waals surface area contributed by atoms with E-state index in [9.17, 15) is 9.90 Å². The molecule has 16 heavy (non-hydrogen) atoms. The molecule has 3 aliphatic rings. The third-order valence-electron chi connectivity index (χ3n) is 4.49. The Morgan fingerprint density at radius 1 is 1.31 bits per heavy atom. The van der Waals surface area contributed by atoms with Crippen molar-refractivity contribution in [2.24, 2.45) is 23.2 Å². The normalized spacial score (nSPS) is 39.1. The van der Waals surface area contributed by atoms with Crippen LogP contribution in [0.3, 0.4) is 0 Å². The minimum Gasteiger partial charge on any atom is -0.481 e. The van der Waals surface area contributed by atoms with Gasteiger partial charge in [0, 0.05) is 6.42 Å². The predicted octanol–water partition coefficient (Wildman–Crippen LogP) is 2.53. The molecule has 0 spiro atoms. The van der Waals surface area contributed by atoms with E-state index in [1.54, 1.807) is 6.92 Å². The summed E-state index contributed by atoms with van der Waals surface area (Å²) in [5.74, 6) is 1.48. The molecule has 3 heteroatoms. The Bertz CT molecular complexity index is 244. The van der Waals surface area contributed by atoms with Gasteiger partial charge in [-0.25, -0.2) is 0 Å². The molecule has 94 valence electrons. The molecule has 0 unspecified atom stereocenters. The number of aliphatic hydroxyl groups excluding tert-OH is 1. The van der Waals surface area contributed by atoms with Crippen molar-refractivity contribution >= 4 is 5.97 Å². The van der Waals surface area contributed by atoms with Crippen LogP contribution in [0.15, 0.2) is 0 Å². The second-order valence-corrected chi connectivity index (χ2v) is 5.80. The van der Waals surface area contributed by atoms with E-state index < -0.39 is 5.97 Å². The van der Waals surface area contributed by atoms with Crippen molar-refractivity contribution in [3.05, 3.63) is 0 Å². The smallest absolute Gasteiger partial charge is 0.303 e. The Morgan fingerprint density at radius 3 is 2.06 bits per heavy atom. The fourth-order valence-corrected chi connectivity index (χ4v) is 3.32. The van der Waals surface area contributed by atoms with Crippen molar-refractivity contribution in [2.75, 3.05) is 0 Å². The highest BCUT2D eigenvalue weighted by Gasteiger charge is 2.56. The Morgan fingerprint density at radius 2 is 1.81 bits per heavy atom. The van der Waals surface area contributed by atoms with E-state index >= 15 is 0 Å². The van der Waals surface area contributed by atoms with Gasteiger partial charge in [0.25, 0.3) is 0 Å². The third kappa shape index (κ3) is 2.40. The van der Waals surface area contributed by atoms with Crippen LogP contribution in [-0.2, 0) is 4.79 Å². The van der Waals surface area contributed by atoms with Gasteiger partial charge in [0.2, 0.25) is 0 Å². The standard InChI is InChI=1S/C10H18O.C3H6O2/c1-6-4-9(11)8-5-7(6)10(8,2)3;1-2-3(4)5/h6-9,11H,4-5H2,1-3H3;2H2,1H3,(H,4,5)/t6-,7-,8+,9-;/m0./s1. The molecule has 0 saturated heterocycles. The van der Waals surface area contributed by atoms with Crippen LogP contribution in [0.2, 0.25) is 0 Å². The van der Waals surface area contributed by atoms with Gasteiger partial charge in [0.15, 0.2) is 0 Å². The summed E-state index contributed by atoms with van der Waals surface area (Å²) in [6.07, 6.45) is 2.53. The number of hydrogen-bond acceptors (Lipinski definition) is 2. The van der Waals surface area contributed by atoms with Crippen molar-refractivity contribution in [2.45, 2.75) is 53.1 Å². The molecule has 3 fully saturated rings. The zero-order valence-corrected chi connectivity index (χ0v) is 10.7. The summed E-state index contributed by atoms with van der Waals surface area (Å²) in [5, 5.41) is 17.4. The predicted molar refractivity (Wildman–Crippen MR) is 63.1 cm³/mol.